The monoisotopic (exact) mass is 565 g/mol. The van der Waals surface area contributed by atoms with Gasteiger partial charge in [0.2, 0.25) is 0 Å². The van der Waals surface area contributed by atoms with Crippen LogP contribution in [0.1, 0.15) is 36.1 Å². The van der Waals surface area contributed by atoms with Crippen molar-refractivity contribution in [1.82, 2.24) is 0 Å². The van der Waals surface area contributed by atoms with Crippen molar-refractivity contribution in [3.8, 4) is 22.3 Å². The molecule has 1 aliphatic carbocycles. The topological polar surface area (TPSA) is 3.24 Å². The quantitative estimate of drug-likeness (QED) is 0.192. The Bertz CT molecular complexity index is 2190. The van der Waals surface area contributed by atoms with Gasteiger partial charge >= 0.3 is 0 Å². The van der Waals surface area contributed by atoms with E-state index in [-0.39, 0.29) is 5.41 Å². The Kier molecular flexibility index (Phi) is 6.00. The second kappa shape index (κ2) is 9.96. The molecule has 0 saturated carbocycles. The summed E-state index contributed by atoms with van der Waals surface area (Å²) < 4.78 is 0. The SMILES string of the molecule is Cc1cccc(N(c2cccc(C)c2)c2ccc3c(c2)C(C)(C)c2cc(-c4cccc5cc6ccccc6cc45)ccc2-3)c1. The maximum Gasteiger partial charge on any atom is 0.0465 e. The van der Waals surface area contributed by atoms with Gasteiger partial charge in [0.1, 0.15) is 0 Å². The predicted molar refractivity (Wildman–Crippen MR) is 189 cm³/mol. The van der Waals surface area contributed by atoms with Gasteiger partial charge in [-0.05, 0) is 134 Å². The zero-order chi connectivity index (χ0) is 30.0. The maximum absolute atomic E-state index is 2.44. The first-order valence-electron chi connectivity index (χ1n) is 15.5. The number of fused-ring (bicyclic) bond motifs is 5. The third-order valence-electron chi connectivity index (χ3n) is 9.50. The lowest BCUT2D eigenvalue weighted by Gasteiger charge is -2.28. The van der Waals surface area contributed by atoms with Crippen LogP contribution in [-0.4, -0.2) is 0 Å². The average molecular weight is 566 g/mol. The fourth-order valence-corrected chi connectivity index (χ4v) is 7.23. The van der Waals surface area contributed by atoms with Crippen molar-refractivity contribution in [2.24, 2.45) is 0 Å². The van der Waals surface area contributed by atoms with Gasteiger partial charge in [0.05, 0.1) is 0 Å². The van der Waals surface area contributed by atoms with Gasteiger partial charge in [0.15, 0.2) is 0 Å². The largest absolute Gasteiger partial charge is 0.310 e. The summed E-state index contributed by atoms with van der Waals surface area (Å²) in [5, 5.41) is 5.14. The van der Waals surface area contributed by atoms with Crippen molar-refractivity contribution in [1.29, 1.82) is 0 Å². The third kappa shape index (κ3) is 4.23. The molecule has 0 saturated heterocycles. The fraction of sp³-hybridized carbons (Fsp3) is 0.116. The Morgan fingerprint density at radius 2 is 1.00 bits per heavy atom. The summed E-state index contributed by atoms with van der Waals surface area (Å²) in [6, 6.07) is 51.7. The lowest BCUT2D eigenvalue weighted by atomic mass is 9.81. The van der Waals surface area contributed by atoms with Gasteiger partial charge < -0.3 is 4.90 Å². The van der Waals surface area contributed by atoms with Crippen LogP contribution in [0.5, 0.6) is 0 Å². The molecule has 0 N–H and O–H groups in total. The van der Waals surface area contributed by atoms with Crippen LogP contribution in [0.2, 0.25) is 0 Å². The normalized spacial score (nSPS) is 13.2. The third-order valence-corrected chi connectivity index (χ3v) is 9.50. The van der Waals surface area contributed by atoms with Crippen LogP contribution in [0.3, 0.4) is 0 Å². The summed E-state index contributed by atoms with van der Waals surface area (Å²) in [5.41, 5.74) is 13.9. The molecule has 0 radical (unpaired) electrons. The van der Waals surface area contributed by atoms with E-state index in [1.807, 2.05) is 0 Å². The molecule has 7 aromatic rings. The van der Waals surface area contributed by atoms with Crippen LogP contribution in [-0.2, 0) is 5.41 Å². The van der Waals surface area contributed by atoms with Gasteiger partial charge in [-0.3, -0.25) is 0 Å². The van der Waals surface area contributed by atoms with E-state index in [1.165, 1.54) is 83.1 Å². The molecule has 0 heterocycles. The molecule has 0 aromatic heterocycles. The molecule has 0 aliphatic heterocycles. The maximum atomic E-state index is 2.44. The van der Waals surface area contributed by atoms with Gasteiger partial charge in [-0.15, -0.1) is 0 Å². The predicted octanol–water partition coefficient (Wildman–Crippen LogP) is 12.1. The minimum Gasteiger partial charge on any atom is -0.310 e. The summed E-state index contributed by atoms with van der Waals surface area (Å²) in [6.45, 7) is 9.09. The first-order valence-corrected chi connectivity index (χ1v) is 15.5. The van der Waals surface area contributed by atoms with Crippen LogP contribution in [0.25, 0.3) is 43.8 Å². The molecule has 7 aromatic carbocycles. The van der Waals surface area contributed by atoms with Crippen LogP contribution in [0, 0.1) is 13.8 Å². The molecule has 1 heteroatoms. The van der Waals surface area contributed by atoms with Gasteiger partial charge in [-0.1, -0.05) is 98.8 Å². The van der Waals surface area contributed by atoms with E-state index in [2.05, 4.69) is 172 Å². The molecule has 0 fully saturated rings. The van der Waals surface area contributed by atoms with Gasteiger partial charge in [-0.2, -0.15) is 0 Å². The minimum absolute atomic E-state index is 0.140. The van der Waals surface area contributed by atoms with E-state index >= 15 is 0 Å². The first kappa shape index (κ1) is 26.5. The van der Waals surface area contributed by atoms with E-state index in [0.29, 0.717) is 0 Å². The standard InChI is InChI=1S/C43H35N/c1-28-10-7-15-34(22-28)44(35-16-8-11-29(2)23-35)36-19-21-39-38-20-18-33(26-41(38)43(3,4)42(39)27-36)37-17-9-14-32-24-30-12-5-6-13-31(30)25-40(32)37/h5-27H,1-4H3. The number of aryl methyl sites for hydroxylation is 2. The number of hydrogen-bond acceptors (Lipinski definition) is 1. The second-order valence-corrected chi connectivity index (χ2v) is 12.9. The van der Waals surface area contributed by atoms with Gasteiger partial charge in [0.25, 0.3) is 0 Å². The Labute approximate surface area is 260 Å². The summed E-state index contributed by atoms with van der Waals surface area (Å²) in [4.78, 5) is 2.39. The molecule has 0 atom stereocenters. The molecule has 1 aliphatic rings. The highest BCUT2D eigenvalue weighted by atomic mass is 15.1. The number of nitrogens with zero attached hydrogens (tertiary/aromatic N) is 1. The van der Waals surface area contributed by atoms with Crippen LogP contribution in [0.15, 0.2) is 140 Å². The highest BCUT2D eigenvalue weighted by molar-refractivity contribution is 6.05. The van der Waals surface area contributed by atoms with E-state index < -0.39 is 0 Å². The van der Waals surface area contributed by atoms with E-state index in [9.17, 15) is 0 Å². The molecule has 0 unspecified atom stereocenters. The van der Waals surface area contributed by atoms with Crippen LogP contribution in [0.4, 0.5) is 17.1 Å². The second-order valence-electron chi connectivity index (χ2n) is 12.9. The van der Waals surface area contributed by atoms with Crippen molar-refractivity contribution < 1.29 is 0 Å². The Morgan fingerprint density at radius 1 is 0.432 bits per heavy atom. The molecule has 8 rings (SSSR count). The molecule has 1 nitrogen and oxygen atoms in total. The van der Waals surface area contributed by atoms with E-state index in [0.717, 1.165) is 0 Å². The molecule has 0 amide bonds. The highest BCUT2D eigenvalue weighted by Crippen LogP contribution is 2.52. The zero-order valence-corrected chi connectivity index (χ0v) is 25.7. The summed E-state index contributed by atoms with van der Waals surface area (Å²) in [5.74, 6) is 0. The summed E-state index contributed by atoms with van der Waals surface area (Å²) in [6.07, 6.45) is 0. The zero-order valence-electron chi connectivity index (χ0n) is 25.7. The number of benzene rings is 7. The van der Waals surface area contributed by atoms with Gasteiger partial charge in [-0.25, -0.2) is 0 Å². The lowest BCUT2D eigenvalue weighted by molar-refractivity contribution is 0.660. The van der Waals surface area contributed by atoms with Crippen molar-refractivity contribution in [3.63, 3.8) is 0 Å². The van der Waals surface area contributed by atoms with Crippen molar-refractivity contribution in [2.75, 3.05) is 4.90 Å². The van der Waals surface area contributed by atoms with Gasteiger partial charge in [0, 0.05) is 22.5 Å². The Balaban J connectivity index is 1.25. The average Bonchev–Trinajstić information content (AvgIpc) is 3.25. The van der Waals surface area contributed by atoms with Crippen molar-refractivity contribution in [2.45, 2.75) is 33.1 Å². The van der Waals surface area contributed by atoms with Crippen LogP contribution < -0.4 is 4.90 Å². The number of rotatable bonds is 4. The summed E-state index contributed by atoms with van der Waals surface area (Å²) >= 11 is 0. The summed E-state index contributed by atoms with van der Waals surface area (Å²) in [7, 11) is 0. The smallest absolute Gasteiger partial charge is 0.0465 e. The van der Waals surface area contributed by atoms with E-state index in [1.54, 1.807) is 0 Å². The Morgan fingerprint density at radius 3 is 1.68 bits per heavy atom. The molecule has 44 heavy (non-hydrogen) atoms. The fourth-order valence-electron chi connectivity index (χ4n) is 7.23. The minimum atomic E-state index is -0.140. The Hall–Kier alpha value is -5.14. The molecular weight excluding hydrogens is 530 g/mol. The highest BCUT2D eigenvalue weighted by Gasteiger charge is 2.36. The number of hydrogen-bond donors (Lipinski definition) is 0. The first-order chi connectivity index (χ1) is 21.4. The van der Waals surface area contributed by atoms with Crippen LogP contribution >= 0.6 is 0 Å². The van der Waals surface area contributed by atoms with Crippen molar-refractivity contribution >= 4 is 38.6 Å². The molecule has 0 bridgehead atoms. The molecular formula is C43H35N. The number of anilines is 3. The van der Waals surface area contributed by atoms with Crippen molar-refractivity contribution in [3.05, 3.63) is 162 Å². The molecule has 0 spiro atoms. The molecule has 212 valence electrons. The van der Waals surface area contributed by atoms with E-state index in [4.69, 9.17) is 0 Å². The lowest BCUT2D eigenvalue weighted by Crippen LogP contribution is -2.16.